The third-order valence-electron chi connectivity index (χ3n) is 2.10. The average molecular weight is 195 g/mol. The summed E-state index contributed by atoms with van der Waals surface area (Å²) < 4.78 is 5.28. The van der Waals surface area contributed by atoms with Gasteiger partial charge in [0.05, 0.1) is 6.04 Å². The van der Waals surface area contributed by atoms with E-state index in [4.69, 9.17) is 10.5 Å². The minimum absolute atomic E-state index is 0.290. The molecule has 1 aromatic carbocycles. The van der Waals surface area contributed by atoms with Crippen LogP contribution in [0.2, 0.25) is 0 Å². The van der Waals surface area contributed by atoms with Crippen molar-refractivity contribution in [1.82, 2.24) is 0 Å². The fourth-order valence-corrected chi connectivity index (χ4v) is 1.37. The quantitative estimate of drug-likeness (QED) is 0.659. The van der Waals surface area contributed by atoms with E-state index in [1.54, 1.807) is 0 Å². The smallest absolute Gasteiger partial charge is 0.124 e. The van der Waals surface area contributed by atoms with Gasteiger partial charge in [0.1, 0.15) is 18.5 Å². The molecule has 3 nitrogen and oxygen atoms in total. The molecule has 0 bridgehead atoms. The number of benzene rings is 1. The number of ether oxygens (including phenoxy) is 1. The highest BCUT2D eigenvalue weighted by Gasteiger charge is 2.25. The molecule has 0 spiro atoms. The molecule has 0 fully saturated rings. The first-order valence-corrected chi connectivity index (χ1v) is 4.94. The predicted octanol–water partition coefficient (Wildman–Crippen LogP) is 1.47. The molecule has 1 aliphatic rings. The highest BCUT2D eigenvalue weighted by molar-refractivity contribution is 5.37. The Labute approximate surface area is 84.5 Å². The van der Waals surface area contributed by atoms with Crippen molar-refractivity contribution in [3.63, 3.8) is 0 Å². The first kappa shape index (κ1) is 11.0. The van der Waals surface area contributed by atoms with E-state index >= 15 is 0 Å². The molecule has 0 amide bonds. The van der Waals surface area contributed by atoms with Crippen LogP contribution in [-0.4, -0.2) is 17.8 Å². The Bertz CT molecular complexity index is 288. The van der Waals surface area contributed by atoms with E-state index in [1.807, 2.05) is 38.1 Å². The zero-order valence-corrected chi connectivity index (χ0v) is 8.60. The SMILES string of the molecule is CC.N[C@H]1c2ccccc2OC[C@H]1O. The van der Waals surface area contributed by atoms with Crippen LogP contribution in [0.3, 0.4) is 0 Å². The van der Waals surface area contributed by atoms with Gasteiger partial charge in [0.2, 0.25) is 0 Å². The number of aliphatic hydroxyl groups is 1. The van der Waals surface area contributed by atoms with Gasteiger partial charge in [0.15, 0.2) is 0 Å². The number of nitrogens with two attached hydrogens (primary N) is 1. The monoisotopic (exact) mass is 195 g/mol. The van der Waals surface area contributed by atoms with Crippen molar-refractivity contribution in [2.24, 2.45) is 5.73 Å². The van der Waals surface area contributed by atoms with Gasteiger partial charge in [-0.1, -0.05) is 32.0 Å². The molecule has 2 atom stereocenters. The van der Waals surface area contributed by atoms with Gasteiger partial charge < -0.3 is 15.6 Å². The average Bonchev–Trinajstić information content (AvgIpc) is 2.27. The molecule has 3 N–H and O–H groups in total. The molecule has 1 aromatic rings. The zero-order valence-electron chi connectivity index (χ0n) is 8.60. The molecule has 3 heteroatoms. The molecule has 2 rings (SSSR count). The number of rotatable bonds is 0. The van der Waals surface area contributed by atoms with Gasteiger partial charge in [-0.2, -0.15) is 0 Å². The summed E-state index contributed by atoms with van der Waals surface area (Å²) in [5, 5.41) is 9.37. The van der Waals surface area contributed by atoms with Gasteiger partial charge in [-0.25, -0.2) is 0 Å². The number of hydrogen-bond donors (Lipinski definition) is 2. The van der Waals surface area contributed by atoms with Crippen molar-refractivity contribution in [3.05, 3.63) is 29.8 Å². The molecular weight excluding hydrogens is 178 g/mol. The summed E-state index contributed by atoms with van der Waals surface area (Å²) in [5.74, 6) is 0.787. The fourth-order valence-electron chi connectivity index (χ4n) is 1.37. The Kier molecular flexibility index (Phi) is 3.92. The first-order chi connectivity index (χ1) is 6.79. The lowest BCUT2D eigenvalue weighted by Crippen LogP contribution is -2.35. The van der Waals surface area contributed by atoms with E-state index in [1.165, 1.54) is 0 Å². The Morgan fingerprint density at radius 2 is 2.00 bits per heavy atom. The minimum Gasteiger partial charge on any atom is -0.490 e. The number of fused-ring (bicyclic) bond motifs is 1. The standard InChI is InChI=1S/C9H11NO2.C2H6/c10-9-6-3-1-2-4-8(6)12-5-7(9)11;1-2/h1-4,7,9,11H,5,10H2;1-2H3/t7-,9+;/m1./s1. The molecule has 14 heavy (non-hydrogen) atoms. The van der Waals surface area contributed by atoms with Crippen LogP contribution in [0, 0.1) is 0 Å². The van der Waals surface area contributed by atoms with Gasteiger partial charge in [-0.15, -0.1) is 0 Å². The van der Waals surface area contributed by atoms with E-state index < -0.39 is 6.10 Å². The van der Waals surface area contributed by atoms with Crippen LogP contribution in [0.4, 0.5) is 0 Å². The second-order valence-electron chi connectivity index (χ2n) is 2.94. The lowest BCUT2D eigenvalue weighted by atomic mass is 9.99. The topological polar surface area (TPSA) is 55.5 Å². The normalized spacial score (nSPS) is 24.0. The molecule has 0 saturated carbocycles. The van der Waals surface area contributed by atoms with Crippen LogP contribution in [0.5, 0.6) is 5.75 Å². The van der Waals surface area contributed by atoms with Crippen molar-refractivity contribution in [2.75, 3.05) is 6.61 Å². The van der Waals surface area contributed by atoms with E-state index in [0.29, 0.717) is 0 Å². The first-order valence-electron chi connectivity index (χ1n) is 4.94. The maximum Gasteiger partial charge on any atom is 0.124 e. The summed E-state index contributed by atoms with van der Waals surface area (Å²) in [6.07, 6.45) is -0.583. The van der Waals surface area contributed by atoms with Gasteiger partial charge >= 0.3 is 0 Å². The Morgan fingerprint density at radius 3 is 2.71 bits per heavy atom. The summed E-state index contributed by atoms with van der Waals surface area (Å²) in [6.45, 7) is 4.29. The highest BCUT2D eigenvalue weighted by Crippen LogP contribution is 2.29. The molecule has 1 heterocycles. The molecule has 0 aromatic heterocycles. The fraction of sp³-hybridized carbons (Fsp3) is 0.455. The number of aliphatic hydroxyl groups excluding tert-OH is 1. The van der Waals surface area contributed by atoms with Gasteiger partial charge in [0, 0.05) is 5.56 Å². The van der Waals surface area contributed by atoms with Gasteiger partial charge in [-0.05, 0) is 6.07 Å². The largest absolute Gasteiger partial charge is 0.490 e. The third kappa shape index (κ3) is 2.05. The van der Waals surface area contributed by atoms with Crippen molar-refractivity contribution in [2.45, 2.75) is 26.0 Å². The van der Waals surface area contributed by atoms with Crippen molar-refractivity contribution in [1.29, 1.82) is 0 Å². The summed E-state index contributed by atoms with van der Waals surface area (Å²) in [4.78, 5) is 0. The third-order valence-corrected chi connectivity index (χ3v) is 2.10. The van der Waals surface area contributed by atoms with Crippen LogP contribution in [0.25, 0.3) is 0 Å². The molecule has 0 aliphatic carbocycles. The van der Waals surface area contributed by atoms with E-state index in [9.17, 15) is 5.11 Å². The lowest BCUT2D eigenvalue weighted by Gasteiger charge is -2.27. The Morgan fingerprint density at radius 1 is 1.36 bits per heavy atom. The number of hydrogen-bond acceptors (Lipinski definition) is 3. The molecule has 0 unspecified atom stereocenters. The van der Waals surface area contributed by atoms with E-state index in [-0.39, 0.29) is 12.6 Å². The van der Waals surface area contributed by atoms with Gasteiger partial charge in [-0.3, -0.25) is 0 Å². The maximum absolute atomic E-state index is 9.37. The maximum atomic E-state index is 9.37. The summed E-state index contributed by atoms with van der Waals surface area (Å²) in [7, 11) is 0. The van der Waals surface area contributed by atoms with E-state index in [0.717, 1.165) is 11.3 Å². The van der Waals surface area contributed by atoms with Gasteiger partial charge in [0.25, 0.3) is 0 Å². The minimum atomic E-state index is -0.583. The molecule has 0 radical (unpaired) electrons. The second-order valence-corrected chi connectivity index (χ2v) is 2.94. The summed E-state index contributed by atoms with van der Waals surface area (Å²) in [5.41, 5.74) is 6.65. The molecule has 78 valence electrons. The van der Waals surface area contributed by atoms with Crippen molar-refractivity contribution < 1.29 is 9.84 Å². The lowest BCUT2D eigenvalue weighted by molar-refractivity contribution is 0.0679. The van der Waals surface area contributed by atoms with Crippen LogP contribution in [0.1, 0.15) is 25.5 Å². The summed E-state index contributed by atoms with van der Waals surface area (Å²) in [6, 6.07) is 7.21. The zero-order chi connectivity index (χ0) is 10.6. The number of para-hydroxylation sites is 1. The highest BCUT2D eigenvalue weighted by atomic mass is 16.5. The van der Waals surface area contributed by atoms with Crippen LogP contribution in [-0.2, 0) is 0 Å². The molecule has 0 saturated heterocycles. The molecular formula is C11H17NO2. The van der Waals surface area contributed by atoms with E-state index in [2.05, 4.69) is 0 Å². The second kappa shape index (κ2) is 4.98. The molecule has 1 aliphatic heterocycles. The van der Waals surface area contributed by atoms with Crippen molar-refractivity contribution >= 4 is 0 Å². The van der Waals surface area contributed by atoms with Crippen LogP contribution in [0.15, 0.2) is 24.3 Å². The summed E-state index contributed by atoms with van der Waals surface area (Å²) >= 11 is 0. The van der Waals surface area contributed by atoms with Crippen molar-refractivity contribution in [3.8, 4) is 5.75 Å². The Balaban J connectivity index is 0.000000461. The predicted molar refractivity (Wildman–Crippen MR) is 56.2 cm³/mol. The van der Waals surface area contributed by atoms with Crippen LogP contribution >= 0.6 is 0 Å². The Hall–Kier alpha value is -1.06. The van der Waals surface area contributed by atoms with Crippen LogP contribution < -0.4 is 10.5 Å².